The lowest BCUT2D eigenvalue weighted by molar-refractivity contribution is 0.332. The number of hydrogen-bond donors (Lipinski definition) is 1. The molecule has 1 atom stereocenters. The van der Waals surface area contributed by atoms with Crippen molar-refractivity contribution in [2.75, 3.05) is 6.54 Å². The summed E-state index contributed by atoms with van der Waals surface area (Å²) >= 11 is 0. The Morgan fingerprint density at radius 2 is 2.15 bits per heavy atom. The first-order chi connectivity index (χ1) is 9.60. The molecule has 0 saturated heterocycles. The van der Waals surface area contributed by atoms with Gasteiger partial charge in [0.15, 0.2) is 0 Å². The van der Waals surface area contributed by atoms with Crippen LogP contribution in [-0.4, -0.2) is 21.7 Å². The van der Waals surface area contributed by atoms with Crippen molar-refractivity contribution in [2.24, 2.45) is 17.6 Å². The molecule has 20 heavy (non-hydrogen) atoms. The van der Waals surface area contributed by atoms with Gasteiger partial charge in [0.05, 0.1) is 0 Å². The molecular formula is C15H22N4O. The van der Waals surface area contributed by atoms with Gasteiger partial charge < -0.3 is 10.3 Å². The predicted octanol–water partition coefficient (Wildman–Crippen LogP) is 2.60. The first-order valence-electron chi connectivity index (χ1n) is 7.03. The molecule has 0 radical (unpaired) electrons. The van der Waals surface area contributed by atoms with Crippen LogP contribution in [0.15, 0.2) is 23.0 Å². The van der Waals surface area contributed by atoms with Gasteiger partial charge in [-0.1, -0.05) is 19.0 Å². The van der Waals surface area contributed by atoms with Gasteiger partial charge in [-0.2, -0.15) is 4.98 Å². The van der Waals surface area contributed by atoms with Crippen molar-refractivity contribution in [3.63, 3.8) is 0 Å². The molecule has 2 aromatic rings. The van der Waals surface area contributed by atoms with Gasteiger partial charge in [-0.3, -0.25) is 4.98 Å². The topological polar surface area (TPSA) is 77.8 Å². The highest BCUT2D eigenvalue weighted by Crippen LogP contribution is 2.21. The van der Waals surface area contributed by atoms with E-state index in [1.165, 1.54) is 0 Å². The largest absolute Gasteiger partial charge is 0.339 e. The first kappa shape index (κ1) is 14.7. The normalized spacial score (nSPS) is 12.8. The highest BCUT2D eigenvalue weighted by Gasteiger charge is 2.16. The molecule has 2 N–H and O–H groups in total. The molecular weight excluding hydrogens is 252 g/mol. The lowest BCUT2D eigenvalue weighted by Gasteiger charge is -2.14. The molecule has 0 fully saturated rings. The second-order valence-corrected chi connectivity index (χ2v) is 5.64. The Kier molecular flexibility index (Phi) is 4.84. The zero-order valence-electron chi connectivity index (χ0n) is 12.3. The van der Waals surface area contributed by atoms with Crippen LogP contribution in [-0.2, 0) is 6.42 Å². The quantitative estimate of drug-likeness (QED) is 0.876. The van der Waals surface area contributed by atoms with Gasteiger partial charge >= 0.3 is 0 Å². The molecule has 5 nitrogen and oxygen atoms in total. The van der Waals surface area contributed by atoms with E-state index in [2.05, 4.69) is 29.0 Å². The zero-order chi connectivity index (χ0) is 14.5. The van der Waals surface area contributed by atoms with E-state index in [-0.39, 0.29) is 0 Å². The fourth-order valence-corrected chi connectivity index (χ4v) is 2.32. The maximum atomic E-state index is 5.81. The van der Waals surface area contributed by atoms with Crippen molar-refractivity contribution in [2.45, 2.75) is 33.6 Å². The Bertz CT molecular complexity index is 550. The van der Waals surface area contributed by atoms with E-state index >= 15 is 0 Å². The summed E-state index contributed by atoms with van der Waals surface area (Å²) in [7, 11) is 0. The molecule has 0 aliphatic carbocycles. The second kappa shape index (κ2) is 6.61. The van der Waals surface area contributed by atoms with E-state index in [1.807, 2.05) is 13.0 Å². The molecule has 0 spiro atoms. The van der Waals surface area contributed by atoms with Gasteiger partial charge in [0.25, 0.3) is 0 Å². The van der Waals surface area contributed by atoms with Crippen LogP contribution in [0, 0.1) is 18.8 Å². The highest BCUT2D eigenvalue weighted by molar-refractivity contribution is 5.57. The maximum absolute atomic E-state index is 5.81. The van der Waals surface area contributed by atoms with Crippen LogP contribution in [0.4, 0.5) is 0 Å². The highest BCUT2D eigenvalue weighted by atomic mass is 16.5. The minimum Gasteiger partial charge on any atom is -0.339 e. The monoisotopic (exact) mass is 274 g/mol. The van der Waals surface area contributed by atoms with E-state index < -0.39 is 0 Å². The van der Waals surface area contributed by atoms with Crippen molar-refractivity contribution in [3.05, 3.63) is 29.9 Å². The number of rotatable bonds is 6. The van der Waals surface area contributed by atoms with Crippen molar-refractivity contribution in [3.8, 4) is 11.4 Å². The SMILES string of the molecule is Cc1ccncc1-c1noc(C[C@@H](CN)CC(C)C)n1. The molecule has 0 amide bonds. The number of nitrogens with zero attached hydrogens (tertiary/aromatic N) is 3. The number of aromatic nitrogens is 3. The zero-order valence-corrected chi connectivity index (χ0v) is 12.3. The van der Waals surface area contributed by atoms with Crippen molar-refractivity contribution in [1.29, 1.82) is 0 Å². The second-order valence-electron chi connectivity index (χ2n) is 5.64. The van der Waals surface area contributed by atoms with Crippen molar-refractivity contribution < 1.29 is 4.52 Å². The maximum Gasteiger partial charge on any atom is 0.227 e. The fourth-order valence-electron chi connectivity index (χ4n) is 2.32. The van der Waals surface area contributed by atoms with Crippen LogP contribution in [0.3, 0.4) is 0 Å². The van der Waals surface area contributed by atoms with Crippen LogP contribution in [0.2, 0.25) is 0 Å². The summed E-state index contributed by atoms with van der Waals surface area (Å²) in [6.07, 6.45) is 5.33. The molecule has 0 aliphatic rings. The number of pyridine rings is 1. The van der Waals surface area contributed by atoms with Gasteiger partial charge in [0.1, 0.15) is 0 Å². The van der Waals surface area contributed by atoms with Crippen LogP contribution in [0.5, 0.6) is 0 Å². The molecule has 0 aromatic carbocycles. The Morgan fingerprint density at radius 1 is 1.35 bits per heavy atom. The third-order valence-electron chi connectivity index (χ3n) is 3.35. The average molecular weight is 274 g/mol. The molecule has 2 rings (SSSR count). The van der Waals surface area contributed by atoms with Gasteiger partial charge in [-0.05, 0) is 43.4 Å². The molecule has 0 aliphatic heterocycles. The van der Waals surface area contributed by atoms with Gasteiger partial charge in [0, 0.05) is 24.4 Å². The minimum absolute atomic E-state index is 0.387. The smallest absolute Gasteiger partial charge is 0.227 e. The Labute approximate surface area is 119 Å². The van der Waals surface area contributed by atoms with Crippen LogP contribution in [0.1, 0.15) is 31.7 Å². The summed E-state index contributed by atoms with van der Waals surface area (Å²) in [6.45, 7) is 7.04. The standard InChI is InChI=1S/C15H22N4O/c1-10(2)6-12(8-16)7-14-18-15(19-20-14)13-9-17-5-4-11(13)3/h4-5,9-10,12H,6-8,16H2,1-3H3/t12-/m0/s1. The summed E-state index contributed by atoms with van der Waals surface area (Å²) in [6, 6.07) is 1.94. The van der Waals surface area contributed by atoms with Gasteiger partial charge in [-0.15, -0.1) is 0 Å². The lowest BCUT2D eigenvalue weighted by Crippen LogP contribution is -2.19. The van der Waals surface area contributed by atoms with Crippen molar-refractivity contribution in [1.82, 2.24) is 15.1 Å². The minimum atomic E-state index is 0.387. The number of aryl methyl sites for hydroxylation is 1. The van der Waals surface area contributed by atoms with E-state index in [1.54, 1.807) is 12.4 Å². The van der Waals surface area contributed by atoms with Crippen molar-refractivity contribution >= 4 is 0 Å². The number of hydrogen-bond acceptors (Lipinski definition) is 5. The lowest BCUT2D eigenvalue weighted by atomic mass is 9.94. The molecule has 0 saturated carbocycles. The number of nitrogens with two attached hydrogens (primary N) is 1. The molecule has 2 aromatic heterocycles. The van der Waals surface area contributed by atoms with E-state index in [4.69, 9.17) is 10.3 Å². The van der Waals surface area contributed by atoms with E-state index in [9.17, 15) is 0 Å². The molecule has 108 valence electrons. The van der Waals surface area contributed by atoms with Gasteiger partial charge in [0.2, 0.25) is 11.7 Å². The molecule has 5 heteroatoms. The van der Waals surface area contributed by atoms with E-state index in [0.29, 0.717) is 30.1 Å². The molecule has 0 bridgehead atoms. The summed E-state index contributed by atoms with van der Waals surface area (Å²) < 4.78 is 5.34. The third kappa shape index (κ3) is 3.63. The molecule has 2 heterocycles. The summed E-state index contributed by atoms with van der Waals surface area (Å²) in [4.78, 5) is 8.57. The first-order valence-corrected chi connectivity index (χ1v) is 7.03. The Morgan fingerprint density at radius 3 is 2.80 bits per heavy atom. The van der Waals surface area contributed by atoms with Gasteiger partial charge in [-0.25, -0.2) is 0 Å². The fraction of sp³-hybridized carbons (Fsp3) is 0.533. The predicted molar refractivity (Wildman–Crippen MR) is 78.0 cm³/mol. The van der Waals surface area contributed by atoms with E-state index in [0.717, 1.165) is 24.0 Å². The third-order valence-corrected chi connectivity index (χ3v) is 3.35. The average Bonchev–Trinajstić information content (AvgIpc) is 2.86. The summed E-state index contributed by atoms with van der Waals surface area (Å²) in [5, 5.41) is 4.05. The van der Waals surface area contributed by atoms with Crippen LogP contribution >= 0.6 is 0 Å². The van der Waals surface area contributed by atoms with Crippen LogP contribution < -0.4 is 5.73 Å². The Hall–Kier alpha value is -1.75. The summed E-state index contributed by atoms with van der Waals surface area (Å²) in [5.41, 5.74) is 7.81. The summed E-state index contributed by atoms with van der Waals surface area (Å²) in [5.74, 6) is 2.26. The molecule has 0 unspecified atom stereocenters. The Balaban J connectivity index is 2.11. The van der Waals surface area contributed by atoms with Crippen LogP contribution in [0.25, 0.3) is 11.4 Å².